The van der Waals surface area contributed by atoms with E-state index in [2.05, 4.69) is 79.7 Å². The third kappa shape index (κ3) is 4.94. The molecule has 3 rings (SSSR count). The van der Waals surface area contributed by atoms with Gasteiger partial charge in [-0.25, -0.2) is 0 Å². The number of nitrogens with two attached hydrogens (primary N) is 2. The number of aromatic hydroxyl groups is 1. The number of benzene rings is 3. The highest BCUT2D eigenvalue weighted by molar-refractivity contribution is 5.64. The Balaban J connectivity index is 2.42. The van der Waals surface area contributed by atoms with E-state index in [9.17, 15) is 5.11 Å². The van der Waals surface area contributed by atoms with Crippen molar-refractivity contribution < 1.29 is 5.11 Å². The van der Waals surface area contributed by atoms with Crippen molar-refractivity contribution in [3.05, 3.63) is 87.5 Å². The maximum absolute atomic E-state index is 11.0. The molecule has 5 N–H and O–H groups in total. The summed E-state index contributed by atoms with van der Waals surface area (Å²) < 4.78 is 0. The predicted octanol–water partition coefficient (Wildman–Crippen LogP) is 8.23. The van der Waals surface area contributed by atoms with Crippen LogP contribution >= 0.6 is 0 Å². The number of hydrogen-bond donors (Lipinski definition) is 3. The molecule has 0 aliphatic carbocycles. The van der Waals surface area contributed by atoms with Gasteiger partial charge < -0.3 is 16.6 Å². The van der Waals surface area contributed by atoms with E-state index in [4.69, 9.17) is 11.5 Å². The first-order valence-electron chi connectivity index (χ1n) is 12.6. The second kappa shape index (κ2) is 10.1. The lowest BCUT2D eigenvalue weighted by molar-refractivity contribution is 0.467. The standard InChI is InChI=1S/C31H42N2O/c1-17(2)24-13-21(14-25(18(3)4)30(24)32)29(23-11-9-10-12-28(23)34)22-15-26(19(5)6)31(33)27(16-22)20(7)8/h9-20,29,34H,32-33H2,1-8H3. The summed E-state index contributed by atoms with van der Waals surface area (Å²) in [5.41, 5.74) is 22.9. The van der Waals surface area contributed by atoms with E-state index in [-0.39, 0.29) is 5.92 Å². The number of hydrogen-bond acceptors (Lipinski definition) is 3. The van der Waals surface area contributed by atoms with Crippen LogP contribution in [0.3, 0.4) is 0 Å². The first-order chi connectivity index (χ1) is 15.9. The Bertz CT molecular complexity index is 1030. The third-order valence-electron chi connectivity index (χ3n) is 6.94. The van der Waals surface area contributed by atoms with Gasteiger partial charge in [0.2, 0.25) is 0 Å². The van der Waals surface area contributed by atoms with Crippen molar-refractivity contribution in [1.82, 2.24) is 0 Å². The van der Waals surface area contributed by atoms with E-state index in [1.54, 1.807) is 6.07 Å². The van der Waals surface area contributed by atoms with Crippen molar-refractivity contribution in [2.45, 2.75) is 85.0 Å². The van der Waals surface area contributed by atoms with Crippen LogP contribution in [0.4, 0.5) is 11.4 Å². The van der Waals surface area contributed by atoms with Gasteiger partial charge in [0.15, 0.2) is 0 Å². The summed E-state index contributed by atoms with van der Waals surface area (Å²) >= 11 is 0. The van der Waals surface area contributed by atoms with Gasteiger partial charge in [-0.1, -0.05) is 97.9 Å². The molecule has 0 aliphatic rings. The molecule has 0 unspecified atom stereocenters. The topological polar surface area (TPSA) is 72.3 Å². The molecule has 3 aromatic carbocycles. The molecule has 0 aromatic heterocycles. The normalized spacial score (nSPS) is 12.0. The fourth-order valence-electron chi connectivity index (χ4n) is 4.97. The Morgan fingerprint density at radius 3 is 1.15 bits per heavy atom. The highest BCUT2D eigenvalue weighted by Crippen LogP contribution is 2.43. The van der Waals surface area contributed by atoms with Crippen LogP contribution in [0.5, 0.6) is 5.75 Å². The van der Waals surface area contributed by atoms with E-state index >= 15 is 0 Å². The fraction of sp³-hybridized carbons (Fsp3) is 0.419. The van der Waals surface area contributed by atoms with Crippen molar-refractivity contribution in [2.24, 2.45) is 0 Å². The van der Waals surface area contributed by atoms with Crippen LogP contribution in [0.15, 0.2) is 48.5 Å². The monoisotopic (exact) mass is 458 g/mol. The molecule has 0 fully saturated rings. The molecule has 0 radical (unpaired) electrons. The SMILES string of the molecule is CC(C)c1cc(C(c2cc(C(C)C)c(N)c(C(C)C)c2)c2ccccc2O)cc(C(C)C)c1N. The highest BCUT2D eigenvalue weighted by Gasteiger charge is 2.26. The van der Waals surface area contributed by atoms with E-state index in [0.29, 0.717) is 29.4 Å². The molecule has 3 nitrogen and oxygen atoms in total. The lowest BCUT2D eigenvalue weighted by Crippen LogP contribution is -2.12. The summed E-state index contributed by atoms with van der Waals surface area (Å²) in [6, 6.07) is 16.6. The summed E-state index contributed by atoms with van der Waals surface area (Å²) in [5, 5.41) is 11.0. The average Bonchev–Trinajstić information content (AvgIpc) is 2.76. The Morgan fingerprint density at radius 1 is 0.529 bits per heavy atom. The number of para-hydroxylation sites is 1. The minimum absolute atomic E-state index is 0.132. The first-order valence-corrected chi connectivity index (χ1v) is 12.6. The Kier molecular flexibility index (Phi) is 7.65. The molecule has 0 atom stereocenters. The van der Waals surface area contributed by atoms with Gasteiger partial charge in [-0.05, 0) is 63.1 Å². The molecule has 0 amide bonds. The maximum Gasteiger partial charge on any atom is 0.119 e. The zero-order valence-electron chi connectivity index (χ0n) is 22.1. The van der Waals surface area contributed by atoms with Gasteiger partial charge in [0.25, 0.3) is 0 Å². The molecule has 3 heteroatoms. The molecule has 0 saturated carbocycles. The van der Waals surface area contributed by atoms with E-state index in [0.717, 1.165) is 50.3 Å². The molecule has 182 valence electrons. The number of nitrogen functional groups attached to an aromatic ring is 2. The van der Waals surface area contributed by atoms with Crippen LogP contribution in [0.2, 0.25) is 0 Å². The van der Waals surface area contributed by atoms with Crippen molar-refractivity contribution in [3.63, 3.8) is 0 Å². The second-order valence-electron chi connectivity index (χ2n) is 10.8. The molecule has 0 spiro atoms. The number of phenols is 1. The number of rotatable bonds is 7. The minimum atomic E-state index is -0.132. The predicted molar refractivity (Wildman–Crippen MR) is 147 cm³/mol. The number of phenolic OH excluding ortho intramolecular Hbond substituents is 1. The fourth-order valence-corrected chi connectivity index (χ4v) is 4.97. The van der Waals surface area contributed by atoms with Gasteiger partial charge in [-0.3, -0.25) is 0 Å². The van der Waals surface area contributed by atoms with Crippen molar-refractivity contribution in [1.29, 1.82) is 0 Å². The lowest BCUT2D eigenvalue weighted by atomic mass is 9.78. The molecular formula is C31H42N2O. The van der Waals surface area contributed by atoms with Gasteiger partial charge in [0.05, 0.1) is 0 Å². The molecule has 34 heavy (non-hydrogen) atoms. The van der Waals surface area contributed by atoms with Gasteiger partial charge >= 0.3 is 0 Å². The summed E-state index contributed by atoms with van der Waals surface area (Å²) in [5.74, 6) is 1.36. The summed E-state index contributed by atoms with van der Waals surface area (Å²) in [6.07, 6.45) is 0. The van der Waals surface area contributed by atoms with E-state index in [1.807, 2.05) is 18.2 Å². The van der Waals surface area contributed by atoms with Gasteiger partial charge in [0.1, 0.15) is 5.75 Å². The first kappa shape index (κ1) is 25.7. The van der Waals surface area contributed by atoms with Crippen molar-refractivity contribution >= 4 is 11.4 Å². The molecular weight excluding hydrogens is 416 g/mol. The molecule has 3 aromatic rings. The quantitative estimate of drug-likeness (QED) is 0.246. The van der Waals surface area contributed by atoms with Gasteiger partial charge in [-0.2, -0.15) is 0 Å². The second-order valence-corrected chi connectivity index (χ2v) is 10.8. The summed E-state index contributed by atoms with van der Waals surface area (Å²) in [6.45, 7) is 17.5. The molecule has 0 aliphatic heterocycles. The van der Waals surface area contributed by atoms with Gasteiger partial charge in [-0.15, -0.1) is 0 Å². The molecule has 0 saturated heterocycles. The van der Waals surface area contributed by atoms with Crippen LogP contribution in [0.25, 0.3) is 0 Å². The maximum atomic E-state index is 11.0. The zero-order chi connectivity index (χ0) is 25.3. The third-order valence-corrected chi connectivity index (χ3v) is 6.94. The molecule has 0 bridgehead atoms. The van der Waals surface area contributed by atoms with Crippen LogP contribution in [0.1, 0.15) is 124 Å². The smallest absolute Gasteiger partial charge is 0.119 e. The van der Waals surface area contributed by atoms with Gasteiger partial charge in [0, 0.05) is 22.9 Å². The van der Waals surface area contributed by atoms with Crippen molar-refractivity contribution in [2.75, 3.05) is 11.5 Å². The highest BCUT2D eigenvalue weighted by atomic mass is 16.3. The van der Waals surface area contributed by atoms with Crippen LogP contribution in [0, 0.1) is 0 Å². The van der Waals surface area contributed by atoms with Crippen LogP contribution in [-0.2, 0) is 0 Å². The molecule has 0 heterocycles. The van der Waals surface area contributed by atoms with Crippen LogP contribution in [-0.4, -0.2) is 5.11 Å². The zero-order valence-corrected chi connectivity index (χ0v) is 22.1. The summed E-state index contributed by atoms with van der Waals surface area (Å²) in [4.78, 5) is 0. The lowest BCUT2D eigenvalue weighted by Gasteiger charge is -2.27. The minimum Gasteiger partial charge on any atom is -0.508 e. The largest absolute Gasteiger partial charge is 0.508 e. The number of anilines is 2. The Labute approximate surface area is 206 Å². The van der Waals surface area contributed by atoms with E-state index < -0.39 is 0 Å². The Morgan fingerprint density at radius 2 is 0.853 bits per heavy atom. The van der Waals surface area contributed by atoms with Crippen molar-refractivity contribution in [3.8, 4) is 5.75 Å². The average molecular weight is 459 g/mol. The van der Waals surface area contributed by atoms with E-state index in [1.165, 1.54) is 0 Å². The Hall–Kier alpha value is -2.94. The van der Waals surface area contributed by atoms with Crippen LogP contribution < -0.4 is 11.5 Å². The summed E-state index contributed by atoms with van der Waals surface area (Å²) in [7, 11) is 0.